The molecule has 9 rings (SSSR count). The van der Waals surface area contributed by atoms with E-state index in [2.05, 4.69) is 86.6 Å². The Morgan fingerprint density at radius 2 is 1.01 bits per heavy atom. The minimum Gasteiger partial charge on any atom is -0.507 e. The van der Waals surface area contributed by atoms with Crippen molar-refractivity contribution in [1.82, 2.24) is 14.5 Å². The number of para-hydroxylation sites is 2. The number of fused-ring (bicyclic) bond motifs is 1. The van der Waals surface area contributed by atoms with E-state index in [0.717, 1.165) is 56.1 Å². The fraction of sp³-hybridized carbons (Fsp3) is 0.262. The monoisotopic (exact) mass is 918 g/mol. The summed E-state index contributed by atoms with van der Waals surface area (Å²) in [5.74, 6) is -0.790. The maximum atomic E-state index is 12.8. The summed E-state index contributed by atoms with van der Waals surface area (Å²) in [6.45, 7) is 5.58. The molecule has 0 atom stereocenters. The van der Waals surface area contributed by atoms with Gasteiger partial charge in [-0.3, -0.25) is 9.55 Å². The number of phenolic OH excluding ortho intramolecular Hbond substituents is 1. The van der Waals surface area contributed by atoms with E-state index in [0.29, 0.717) is 39.1 Å². The standard InChI is InChI=1S/C65H67N3O/c1-41-40-66-56(39-52(41)44-30-32-47(33-31-44)62(2,3)4)46-34-45(35-48(36-46)63(5,6)7)50-26-21-29-57-58(50)67-61(51-27-20-28-55(60(51)69)65(11,12)13)68(57)59-53(42-22-16-14-17-23-42)37-49(64(8,9)10)38-54(59)43-24-18-15-19-25-43/h14-40,69H,1-13H3/i1D3,11D3,12D3,13D3. The normalized spacial score (nSPS) is 15.8. The number of imidazole rings is 1. The van der Waals surface area contributed by atoms with E-state index in [1.54, 1.807) is 0 Å². The molecule has 0 saturated carbocycles. The van der Waals surface area contributed by atoms with Crippen LogP contribution in [0, 0.1) is 6.85 Å². The fourth-order valence-electron chi connectivity index (χ4n) is 9.12. The van der Waals surface area contributed by atoms with Gasteiger partial charge in [-0.15, -0.1) is 0 Å². The van der Waals surface area contributed by atoms with Crippen molar-refractivity contribution in [3.05, 3.63) is 192 Å². The number of pyridine rings is 1. The quantitative estimate of drug-likeness (QED) is 0.173. The second kappa shape index (κ2) is 17.5. The zero-order chi connectivity index (χ0) is 59.2. The summed E-state index contributed by atoms with van der Waals surface area (Å²) in [6, 6.07) is 49.5. The Bertz CT molecular complexity index is 3720. The third kappa shape index (κ3) is 9.18. The van der Waals surface area contributed by atoms with Crippen LogP contribution in [0.5, 0.6) is 5.75 Å². The van der Waals surface area contributed by atoms with Crippen molar-refractivity contribution < 1.29 is 21.6 Å². The van der Waals surface area contributed by atoms with Gasteiger partial charge in [0.05, 0.1) is 28.0 Å². The maximum absolute atomic E-state index is 12.8. The number of aryl methyl sites for hydroxylation is 1. The van der Waals surface area contributed by atoms with Crippen molar-refractivity contribution in [1.29, 1.82) is 0 Å². The summed E-state index contributed by atoms with van der Waals surface area (Å²) < 4.78 is 106. The third-order valence-corrected chi connectivity index (χ3v) is 13.1. The van der Waals surface area contributed by atoms with Crippen LogP contribution in [0.3, 0.4) is 0 Å². The van der Waals surface area contributed by atoms with Gasteiger partial charge in [-0.25, -0.2) is 4.98 Å². The molecule has 0 radical (unpaired) electrons. The Labute approximate surface area is 427 Å². The molecule has 9 aromatic rings. The Morgan fingerprint density at radius 1 is 0.464 bits per heavy atom. The molecular formula is C65H67N3O. The first-order chi connectivity index (χ1) is 37.5. The highest BCUT2D eigenvalue weighted by Crippen LogP contribution is 2.47. The Morgan fingerprint density at radius 3 is 1.59 bits per heavy atom. The average molecular weight is 918 g/mol. The molecule has 0 aliphatic rings. The first-order valence-corrected chi connectivity index (χ1v) is 23.5. The molecule has 348 valence electrons. The van der Waals surface area contributed by atoms with Gasteiger partial charge in [0.25, 0.3) is 0 Å². The molecule has 0 aliphatic carbocycles. The number of benzene rings is 7. The lowest BCUT2D eigenvalue weighted by Gasteiger charge is -2.26. The van der Waals surface area contributed by atoms with E-state index in [-0.39, 0.29) is 27.8 Å². The van der Waals surface area contributed by atoms with Crippen LogP contribution < -0.4 is 0 Å². The molecule has 0 spiro atoms. The van der Waals surface area contributed by atoms with Crippen LogP contribution >= 0.6 is 0 Å². The van der Waals surface area contributed by atoms with E-state index in [1.165, 1.54) is 18.3 Å². The van der Waals surface area contributed by atoms with E-state index >= 15 is 0 Å². The first kappa shape index (κ1) is 34.3. The highest BCUT2D eigenvalue weighted by molar-refractivity contribution is 5.99. The smallest absolute Gasteiger partial charge is 0.149 e. The summed E-state index contributed by atoms with van der Waals surface area (Å²) in [5.41, 5.74) is 6.50. The van der Waals surface area contributed by atoms with Gasteiger partial charge in [-0.2, -0.15) is 0 Å². The van der Waals surface area contributed by atoms with Gasteiger partial charge in [0.2, 0.25) is 0 Å². The summed E-state index contributed by atoms with van der Waals surface area (Å²) in [4.78, 5) is 10.3. The van der Waals surface area contributed by atoms with Gasteiger partial charge < -0.3 is 5.11 Å². The SMILES string of the molecule is [2H]C([2H])([2H])c1cnc(-c2cc(-c3cccc4c3nc(-c3cccc(C(C([2H])([2H])[2H])(C([2H])([2H])[2H])C([2H])([2H])[2H])c3O)n4-c3c(-c4ccccc4)cc(C(C)(C)C)cc3-c3ccccc3)cc(C(C)(C)C)c2)cc1-c1ccc(C(C)(C)C)cc1. The molecule has 69 heavy (non-hydrogen) atoms. The van der Waals surface area contributed by atoms with E-state index in [4.69, 9.17) is 26.4 Å². The van der Waals surface area contributed by atoms with E-state index < -0.39 is 49.6 Å². The van der Waals surface area contributed by atoms with Crippen molar-refractivity contribution in [3.8, 4) is 78.6 Å². The van der Waals surface area contributed by atoms with Gasteiger partial charge in [0, 0.05) is 44.9 Å². The van der Waals surface area contributed by atoms with Crippen LogP contribution in [-0.2, 0) is 21.7 Å². The van der Waals surface area contributed by atoms with Crippen molar-refractivity contribution in [2.45, 2.75) is 111 Å². The summed E-state index contributed by atoms with van der Waals surface area (Å²) in [7, 11) is 0. The van der Waals surface area contributed by atoms with Crippen molar-refractivity contribution in [2.75, 3.05) is 0 Å². The predicted molar refractivity (Wildman–Crippen MR) is 293 cm³/mol. The highest BCUT2D eigenvalue weighted by atomic mass is 16.3. The molecule has 2 heterocycles. The second-order valence-electron chi connectivity index (χ2n) is 21.3. The number of hydrogen-bond donors (Lipinski definition) is 1. The predicted octanol–water partition coefficient (Wildman–Crippen LogP) is 17.6. The van der Waals surface area contributed by atoms with Crippen LogP contribution in [0.4, 0.5) is 0 Å². The van der Waals surface area contributed by atoms with Crippen LogP contribution in [-0.4, -0.2) is 19.6 Å². The second-order valence-corrected chi connectivity index (χ2v) is 21.3. The summed E-state index contributed by atoms with van der Waals surface area (Å²) >= 11 is 0. The lowest BCUT2D eigenvalue weighted by Crippen LogP contribution is -2.14. The Kier molecular flexibility index (Phi) is 8.69. The fourth-order valence-corrected chi connectivity index (χ4v) is 9.12. The number of rotatable bonds is 7. The number of phenols is 1. The minimum absolute atomic E-state index is 0.0708. The largest absolute Gasteiger partial charge is 0.507 e. The summed E-state index contributed by atoms with van der Waals surface area (Å²) in [6.07, 6.45) is 1.44. The van der Waals surface area contributed by atoms with E-state index in [9.17, 15) is 5.11 Å². The van der Waals surface area contributed by atoms with Crippen molar-refractivity contribution >= 4 is 11.0 Å². The van der Waals surface area contributed by atoms with Gasteiger partial charge in [-0.1, -0.05) is 198 Å². The van der Waals surface area contributed by atoms with Gasteiger partial charge >= 0.3 is 0 Å². The third-order valence-electron chi connectivity index (χ3n) is 13.1. The van der Waals surface area contributed by atoms with E-state index in [1.807, 2.05) is 120 Å². The van der Waals surface area contributed by atoms with Crippen molar-refractivity contribution in [3.63, 3.8) is 0 Å². The van der Waals surface area contributed by atoms with Crippen LogP contribution in [0.2, 0.25) is 0 Å². The average Bonchev–Trinajstić information content (AvgIpc) is 2.79. The molecule has 0 bridgehead atoms. The van der Waals surface area contributed by atoms with Crippen LogP contribution in [0.25, 0.3) is 83.9 Å². The number of hydrogen-bond acceptors (Lipinski definition) is 3. The molecule has 7 aromatic carbocycles. The number of nitrogens with zero attached hydrogens (tertiary/aromatic N) is 3. The lowest BCUT2D eigenvalue weighted by molar-refractivity contribution is 0.448. The Balaban J connectivity index is 1.42. The molecule has 4 nitrogen and oxygen atoms in total. The Hall–Kier alpha value is -7.04. The maximum Gasteiger partial charge on any atom is 0.149 e. The van der Waals surface area contributed by atoms with Gasteiger partial charge in [0.15, 0.2) is 0 Å². The minimum atomic E-state index is -3.67. The van der Waals surface area contributed by atoms with Crippen LogP contribution in [0.1, 0.15) is 127 Å². The highest BCUT2D eigenvalue weighted by Gasteiger charge is 2.29. The topological polar surface area (TPSA) is 50.9 Å². The molecule has 0 saturated heterocycles. The van der Waals surface area contributed by atoms with Crippen LogP contribution in [0.15, 0.2) is 164 Å². The number of aromatic hydroxyl groups is 1. The molecule has 0 fully saturated rings. The zero-order valence-electron chi connectivity index (χ0n) is 52.9. The molecule has 2 aromatic heterocycles. The van der Waals surface area contributed by atoms with Gasteiger partial charge in [-0.05, 0) is 127 Å². The first-order valence-electron chi connectivity index (χ1n) is 29.5. The van der Waals surface area contributed by atoms with Crippen molar-refractivity contribution in [2.24, 2.45) is 0 Å². The number of aromatic nitrogens is 3. The zero-order valence-corrected chi connectivity index (χ0v) is 40.9. The molecule has 0 amide bonds. The van der Waals surface area contributed by atoms with Gasteiger partial charge in [0.1, 0.15) is 11.6 Å². The molecule has 0 unspecified atom stereocenters. The lowest BCUT2D eigenvalue weighted by atomic mass is 9.82. The molecule has 1 N–H and O–H groups in total. The summed E-state index contributed by atoms with van der Waals surface area (Å²) in [5, 5.41) is 12.8. The molecule has 4 heteroatoms. The molecular weight excluding hydrogens is 839 g/mol. The molecule has 0 aliphatic heterocycles.